The van der Waals surface area contributed by atoms with E-state index in [9.17, 15) is 0 Å². The van der Waals surface area contributed by atoms with E-state index in [1.165, 1.54) is 11.1 Å². The van der Waals surface area contributed by atoms with Gasteiger partial charge < -0.3 is 15.8 Å². The zero-order valence-electron chi connectivity index (χ0n) is 14.1. The van der Waals surface area contributed by atoms with Crippen molar-refractivity contribution in [2.45, 2.75) is 52.7 Å². The van der Waals surface area contributed by atoms with E-state index in [2.05, 4.69) is 50.0 Å². The molecule has 0 aliphatic heterocycles. The Balaban J connectivity index is 2.72. The van der Waals surface area contributed by atoms with Crippen molar-refractivity contribution in [3.8, 4) is 0 Å². The first-order valence-corrected chi connectivity index (χ1v) is 7.61. The van der Waals surface area contributed by atoms with Crippen LogP contribution in [-0.2, 0) is 11.2 Å². The SMILES string of the molecule is C=C(NC(Cc1ccc(C)cc1)C(C)CN)OC(C)(C)C. The molecular weight excluding hydrogens is 260 g/mol. The molecule has 3 N–H and O–H groups in total. The Bertz CT molecular complexity index is 445. The molecule has 1 rings (SSSR count). The van der Waals surface area contributed by atoms with Gasteiger partial charge in [-0.1, -0.05) is 36.8 Å². The van der Waals surface area contributed by atoms with Crippen molar-refractivity contribution >= 4 is 0 Å². The van der Waals surface area contributed by atoms with Crippen LogP contribution >= 0.6 is 0 Å². The average Bonchev–Trinajstić information content (AvgIpc) is 2.37. The highest BCUT2D eigenvalue weighted by atomic mass is 16.5. The van der Waals surface area contributed by atoms with Crippen LogP contribution < -0.4 is 11.1 Å². The van der Waals surface area contributed by atoms with Gasteiger partial charge in [-0.15, -0.1) is 0 Å². The molecule has 0 bridgehead atoms. The van der Waals surface area contributed by atoms with E-state index in [1.54, 1.807) is 0 Å². The third kappa shape index (κ3) is 6.67. The summed E-state index contributed by atoms with van der Waals surface area (Å²) in [5.74, 6) is 0.950. The first-order chi connectivity index (χ1) is 9.71. The molecule has 2 atom stereocenters. The van der Waals surface area contributed by atoms with E-state index < -0.39 is 0 Å². The van der Waals surface area contributed by atoms with Crippen LogP contribution in [0.1, 0.15) is 38.8 Å². The predicted molar refractivity (Wildman–Crippen MR) is 90.0 cm³/mol. The monoisotopic (exact) mass is 290 g/mol. The van der Waals surface area contributed by atoms with Crippen molar-refractivity contribution in [2.75, 3.05) is 6.54 Å². The van der Waals surface area contributed by atoms with Crippen molar-refractivity contribution in [2.24, 2.45) is 11.7 Å². The Labute approximate surface area is 129 Å². The summed E-state index contributed by atoms with van der Waals surface area (Å²) in [5, 5.41) is 3.39. The van der Waals surface area contributed by atoms with Crippen LogP contribution in [0.25, 0.3) is 0 Å². The molecule has 0 aliphatic rings. The van der Waals surface area contributed by atoms with Gasteiger partial charge in [-0.3, -0.25) is 0 Å². The number of benzene rings is 1. The predicted octanol–water partition coefficient (Wildman–Crippen LogP) is 3.38. The Morgan fingerprint density at radius 2 is 1.86 bits per heavy atom. The van der Waals surface area contributed by atoms with Crippen molar-refractivity contribution in [1.82, 2.24) is 5.32 Å². The Kier molecular flexibility index (Phi) is 6.28. The molecule has 21 heavy (non-hydrogen) atoms. The van der Waals surface area contributed by atoms with Gasteiger partial charge in [-0.25, -0.2) is 0 Å². The summed E-state index contributed by atoms with van der Waals surface area (Å²) in [4.78, 5) is 0. The van der Waals surface area contributed by atoms with Gasteiger partial charge in [0, 0.05) is 6.04 Å². The van der Waals surface area contributed by atoms with Crippen LogP contribution in [0, 0.1) is 12.8 Å². The second-order valence-corrected chi connectivity index (χ2v) is 6.79. The molecule has 0 radical (unpaired) electrons. The van der Waals surface area contributed by atoms with Gasteiger partial charge in [0.2, 0.25) is 0 Å². The zero-order chi connectivity index (χ0) is 16.0. The lowest BCUT2D eigenvalue weighted by molar-refractivity contribution is 0.0364. The average molecular weight is 290 g/mol. The minimum Gasteiger partial charge on any atom is -0.474 e. The standard InChI is InChI=1S/C18H30N2O/c1-13-7-9-16(10-8-13)11-17(14(2)12-19)20-15(3)21-18(4,5)6/h7-10,14,17,20H,3,11-12,19H2,1-2,4-6H3. The highest BCUT2D eigenvalue weighted by Gasteiger charge is 2.20. The van der Waals surface area contributed by atoms with Crippen LogP contribution in [-0.4, -0.2) is 18.2 Å². The van der Waals surface area contributed by atoms with Gasteiger partial charge >= 0.3 is 0 Å². The van der Waals surface area contributed by atoms with Gasteiger partial charge in [0.1, 0.15) is 5.60 Å². The highest BCUT2D eigenvalue weighted by Crippen LogP contribution is 2.15. The van der Waals surface area contributed by atoms with Crippen LogP contribution in [0.2, 0.25) is 0 Å². The summed E-state index contributed by atoms with van der Waals surface area (Å²) in [5.41, 5.74) is 8.16. The molecule has 0 saturated heterocycles. The summed E-state index contributed by atoms with van der Waals surface area (Å²) in [6, 6.07) is 8.83. The van der Waals surface area contributed by atoms with Gasteiger partial charge in [0.05, 0.1) is 0 Å². The number of hydrogen-bond donors (Lipinski definition) is 2. The third-order valence-electron chi connectivity index (χ3n) is 3.41. The quantitative estimate of drug-likeness (QED) is 0.757. The van der Waals surface area contributed by atoms with Gasteiger partial charge in [-0.2, -0.15) is 0 Å². The molecule has 0 spiro atoms. The Morgan fingerprint density at radius 1 is 1.29 bits per heavy atom. The molecule has 1 aromatic rings. The normalized spacial score (nSPS) is 14.4. The molecule has 0 aromatic heterocycles. The first-order valence-electron chi connectivity index (χ1n) is 7.61. The van der Waals surface area contributed by atoms with E-state index in [0.717, 1.165) is 6.42 Å². The molecule has 3 heteroatoms. The van der Waals surface area contributed by atoms with Crippen molar-refractivity contribution in [3.63, 3.8) is 0 Å². The van der Waals surface area contributed by atoms with Gasteiger partial charge in [-0.05, 0) is 58.7 Å². The molecule has 1 aromatic carbocycles. The summed E-state index contributed by atoms with van der Waals surface area (Å²) in [6.45, 7) is 14.9. The van der Waals surface area contributed by atoms with Crippen molar-refractivity contribution < 1.29 is 4.74 Å². The van der Waals surface area contributed by atoms with E-state index in [0.29, 0.717) is 18.3 Å². The minimum absolute atomic E-state index is 0.215. The zero-order valence-corrected chi connectivity index (χ0v) is 14.1. The number of rotatable bonds is 7. The fraction of sp³-hybridized carbons (Fsp3) is 0.556. The van der Waals surface area contributed by atoms with Crippen LogP contribution in [0.5, 0.6) is 0 Å². The Morgan fingerprint density at radius 3 is 2.33 bits per heavy atom. The van der Waals surface area contributed by atoms with Crippen molar-refractivity contribution in [1.29, 1.82) is 0 Å². The van der Waals surface area contributed by atoms with Crippen LogP contribution in [0.15, 0.2) is 36.7 Å². The summed E-state index contributed by atoms with van der Waals surface area (Å²) >= 11 is 0. The maximum atomic E-state index is 5.84. The Hall–Kier alpha value is -1.48. The van der Waals surface area contributed by atoms with Crippen molar-refractivity contribution in [3.05, 3.63) is 47.9 Å². The molecule has 0 aliphatic carbocycles. The lowest BCUT2D eigenvalue weighted by atomic mass is 9.94. The summed E-state index contributed by atoms with van der Waals surface area (Å²) < 4.78 is 5.77. The highest BCUT2D eigenvalue weighted by molar-refractivity contribution is 5.22. The molecular formula is C18H30N2O. The first kappa shape index (κ1) is 17.6. The lowest BCUT2D eigenvalue weighted by Gasteiger charge is -2.30. The number of aryl methyl sites for hydroxylation is 1. The summed E-state index contributed by atoms with van der Waals surface area (Å²) in [6.07, 6.45) is 0.908. The summed E-state index contributed by atoms with van der Waals surface area (Å²) in [7, 11) is 0. The molecule has 3 nitrogen and oxygen atoms in total. The van der Waals surface area contributed by atoms with Crippen LogP contribution in [0.4, 0.5) is 0 Å². The number of ether oxygens (including phenoxy) is 1. The smallest absolute Gasteiger partial charge is 0.180 e. The maximum absolute atomic E-state index is 5.84. The third-order valence-corrected chi connectivity index (χ3v) is 3.41. The topological polar surface area (TPSA) is 47.3 Å². The molecule has 0 heterocycles. The number of nitrogens with one attached hydrogen (secondary N) is 1. The van der Waals surface area contributed by atoms with Crippen LogP contribution in [0.3, 0.4) is 0 Å². The van der Waals surface area contributed by atoms with Gasteiger partial charge in [0.15, 0.2) is 5.88 Å². The number of nitrogens with two attached hydrogens (primary N) is 1. The molecule has 2 unspecified atom stereocenters. The fourth-order valence-corrected chi connectivity index (χ4v) is 2.14. The largest absolute Gasteiger partial charge is 0.474 e. The van der Waals surface area contributed by atoms with E-state index in [-0.39, 0.29) is 11.6 Å². The second-order valence-electron chi connectivity index (χ2n) is 6.79. The minimum atomic E-state index is -0.246. The number of hydrogen-bond acceptors (Lipinski definition) is 3. The molecule has 118 valence electrons. The fourth-order valence-electron chi connectivity index (χ4n) is 2.14. The van der Waals surface area contributed by atoms with Gasteiger partial charge in [0.25, 0.3) is 0 Å². The molecule has 0 saturated carbocycles. The maximum Gasteiger partial charge on any atom is 0.180 e. The van der Waals surface area contributed by atoms with E-state index in [4.69, 9.17) is 10.5 Å². The molecule has 0 fully saturated rings. The lowest BCUT2D eigenvalue weighted by Crippen LogP contribution is -2.41. The second kappa shape index (κ2) is 7.51. The molecule has 0 amide bonds. The van der Waals surface area contributed by atoms with E-state index in [1.807, 2.05) is 20.8 Å². The van der Waals surface area contributed by atoms with E-state index >= 15 is 0 Å².